The molecule has 2 amide bonds. The van der Waals surface area contributed by atoms with Crippen LogP contribution in [0.15, 0.2) is 72.8 Å². The number of nitrogens with one attached hydrogen (secondary N) is 1. The maximum atomic E-state index is 13.7. The zero-order valence-corrected chi connectivity index (χ0v) is 20.6. The van der Waals surface area contributed by atoms with Crippen molar-refractivity contribution < 1.29 is 14.0 Å². The molecule has 0 aliphatic carbocycles. The third-order valence-corrected chi connectivity index (χ3v) is 6.07. The van der Waals surface area contributed by atoms with E-state index >= 15 is 0 Å². The molecule has 0 aromatic heterocycles. The minimum atomic E-state index is -0.788. The fraction of sp³-hybridized carbons (Fsp3) is 0.259. The Morgan fingerprint density at radius 2 is 1.50 bits per heavy atom. The number of amides is 2. The Hall–Kier alpha value is -2.89. The molecule has 1 unspecified atom stereocenters. The minimum Gasteiger partial charge on any atom is -0.352 e. The Morgan fingerprint density at radius 1 is 0.882 bits per heavy atom. The van der Waals surface area contributed by atoms with Gasteiger partial charge < -0.3 is 10.2 Å². The molecule has 0 radical (unpaired) electrons. The van der Waals surface area contributed by atoms with Gasteiger partial charge in [0.1, 0.15) is 11.9 Å². The molecule has 3 rings (SSSR count). The largest absolute Gasteiger partial charge is 0.352 e. The van der Waals surface area contributed by atoms with E-state index in [2.05, 4.69) is 5.32 Å². The number of halogens is 3. The maximum Gasteiger partial charge on any atom is 0.243 e. The summed E-state index contributed by atoms with van der Waals surface area (Å²) in [6, 6.07) is 19.6. The van der Waals surface area contributed by atoms with Crippen molar-refractivity contribution in [3.05, 3.63) is 105 Å². The summed E-state index contributed by atoms with van der Waals surface area (Å²) in [4.78, 5) is 28.5. The van der Waals surface area contributed by atoms with Crippen LogP contribution in [-0.2, 0) is 29.0 Å². The van der Waals surface area contributed by atoms with Crippen LogP contribution in [0.5, 0.6) is 0 Å². The average molecular weight is 501 g/mol. The molecule has 0 bridgehead atoms. The first-order chi connectivity index (χ1) is 16.2. The van der Waals surface area contributed by atoms with Gasteiger partial charge in [0.05, 0.1) is 6.42 Å². The van der Waals surface area contributed by atoms with Gasteiger partial charge in [-0.05, 0) is 54.8 Å². The lowest BCUT2D eigenvalue weighted by molar-refractivity contribution is -0.141. The summed E-state index contributed by atoms with van der Waals surface area (Å²) < 4.78 is 13.5. The van der Waals surface area contributed by atoms with Crippen molar-refractivity contribution in [2.75, 3.05) is 0 Å². The molecule has 1 atom stereocenters. The fourth-order valence-electron chi connectivity index (χ4n) is 3.68. The zero-order valence-electron chi connectivity index (χ0n) is 19.1. The van der Waals surface area contributed by atoms with Gasteiger partial charge in [-0.1, -0.05) is 71.7 Å². The Bertz CT molecular complexity index is 1100. The normalized spacial score (nSPS) is 11.8. The van der Waals surface area contributed by atoms with E-state index in [1.165, 1.54) is 17.0 Å². The van der Waals surface area contributed by atoms with Crippen molar-refractivity contribution in [1.29, 1.82) is 0 Å². The summed E-state index contributed by atoms with van der Waals surface area (Å²) in [5.74, 6) is -0.943. The molecule has 0 aliphatic heterocycles. The third kappa shape index (κ3) is 7.05. The smallest absolute Gasteiger partial charge is 0.243 e. The van der Waals surface area contributed by atoms with Gasteiger partial charge in [0.15, 0.2) is 0 Å². The van der Waals surface area contributed by atoms with Gasteiger partial charge in [-0.25, -0.2) is 4.39 Å². The molecular formula is C27H27Cl2FN2O2. The first-order valence-corrected chi connectivity index (χ1v) is 11.8. The predicted octanol–water partition coefficient (Wildman–Crippen LogP) is 5.84. The second-order valence-electron chi connectivity index (χ2n) is 8.39. The van der Waals surface area contributed by atoms with E-state index in [0.29, 0.717) is 27.6 Å². The molecule has 178 valence electrons. The summed E-state index contributed by atoms with van der Waals surface area (Å²) >= 11 is 12.6. The van der Waals surface area contributed by atoms with Crippen LogP contribution in [0.4, 0.5) is 4.39 Å². The van der Waals surface area contributed by atoms with Gasteiger partial charge >= 0.3 is 0 Å². The Kier molecular flexibility index (Phi) is 9.08. The molecule has 0 aliphatic rings. The van der Waals surface area contributed by atoms with Crippen molar-refractivity contribution in [3.8, 4) is 0 Å². The quantitative estimate of drug-likeness (QED) is 0.401. The lowest BCUT2D eigenvalue weighted by atomic mass is 10.0. The van der Waals surface area contributed by atoms with Crippen molar-refractivity contribution >= 4 is 35.0 Å². The molecule has 3 aromatic rings. The van der Waals surface area contributed by atoms with Crippen LogP contribution in [0.2, 0.25) is 10.0 Å². The van der Waals surface area contributed by atoms with Gasteiger partial charge in [0, 0.05) is 29.1 Å². The molecule has 34 heavy (non-hydrogen) atoms. The molecule has 3 aromatic carbocycles. The van der Waals surface area contributed by atoms with Crippen molar-refractivity contribution in [1.82, 2.24) is 10.2 Å². The lowest BCUT2D eigenvalue weighted by Crippen LogP contribution is -2.52. The lowest BCUT2D eigenvalue weighted by Gasteiger charge is -2.32. The minimum absolute atomic E-state index is 0.0695. The summed E-state index contributed by atoms with van der Waals surface area (Å²) in [6.45, 7) is 3.87. The molecular weight excluding hydrogens is 474 g/mol. The van der Waals surface area contributed by atoms with E-state index in [0.717, 1.165) is 5.56 Å². The van der Waals surface area contributed by atoms with Crippen molar-refractivity contribution in [3.63, 3.8) is 0 Å². The first kappa shape index (κ1) is 25.7. The van der Waals surface area contributed by atoms with Gasteiger partial charge in [0.2, 0.25) is 11.8 Å². The standard InChI is InChI=1S/C27H27Cl2FN2O2/c1-18(2)31-27(34)25(15-19-7-4-3-5-8-19)32(17-20-11-13-21(30)14-12-20)26(33)16-22-23(28)9-6-10-24(22)29/h3-14,18,25H,15-17H2,1-2H3,(H,31,34). The van der Waals surface area contributed by atoms with Crippen LogP contribution < -0.4 is 5.32 Å². The highest BCUT2D eigenvalue weighted by atomic mass is 35.5. The molecule has 0 spiro atoms. The summed E-state index contributed by atoms with van der Waals surface area (Å²) in [6.07, 6.45) is 0.253. The van der Waals surface area contributed by atoms with Gasteiger partial charge in [-0.2, -0.15) is 0 Å². The Balaban J connectivity index is 2.00. The molecule has 0 heterocycles. The van der Waals surface area contributed by atoms with E-state index in [9.17, 15) is 14.0 Å². The van der Waals surface area contributed by atoms with Crippen molar-refractivity contribution in [2.45, 2.75) is 45.3 Å². The van der Waals surface area contributed by atoms with Crippen LogP contribution in [-0.4, -0.2) is 28.8 Å². The SMILES string of the molecule is CC(C)NC(=O)C(Cc1ccccc1)N(Cc1ccc(F)cc1)C(=O)Cc1c(Cl)cccc1Cl. The number of benzene rings is 3. The molecule has 4 nitrogen and oxygen atoms in total. The van der Waals surface area contributed by atoms with Crippen LogP contribution in [0, 0.1) is 5.82 Å². The number of rotatable bonds is 9. The molecule has 7 heteroatoms. The zero-order chi connectivity index (χ0) is 24.7. The molecule has 1 N–H and O–H groups in total. The van der Waals surface area contributed by atoms with E-state index in [4.69, 9.17) is 23.2 Å². The summed E-state index contributed by atoms with van der Waals surface area (Å²) in [7, 11) is 0. The molecule has 0 saturated heterocycles. The number of nitrogens with zero attached hydrogens (tertiary/aromatic N) is 1. The molecule has 0 fully saturated rings. The number of hydrogen-bond acceptors (Lipinski definition) is 2. The Morgan fingerprint density at radius 3 is 2.09 bits per heavy atom. The highest BCUT2D eigenvalue weighted by molar-refractivity contribution is 6.36. The second-order valence-corrected chi connectivity index (χ2v) is 9.21. The number of carbonyl (C=O) groups is 2. The molecule has 0 saturated carbocycles. The van der Waals surface area contributed by atoms with E-state index in [1.54, 1.807) is 30.3 Å². The maximum absolute atomic E-state index is 13.7. The number of hydrogen-bond donors (Lipinski definition) is 1. The number of carbonyl (C=O) groups excluding carboxylic acids is 2. The van der Waals surface area contributed by atoms with Crippen LogP contribution >= 0.6 is 23.2 Å². The van der Waals surface area contributed by atoms with Gasteiger partial charge in [0.25, 0.3) is 0 Å². The topological polar surface area (TPSA) is 49.4 Å². The average Bonchev–Trinajstić information content (AvgIpc) is 2.80. The van der Waals surface area contributed by atoms with Crippen LogP contribution in [0.3, 0.4) is 0 Å². The monoisotopic (exact) mass is 500 g/mol. The van der Waals surface area contributed by atoms with E-state index in [-0.39, 0.29) is 36.6 Å². The van der Waals surface area contributed by atoms with E-state index < -0.39 is 6.04 Å². The van der Waals surface area contributed by atoms with Crippen LogP contribution in [0.1, 0.15) is 30.5 Å². The highest BCUT2D eigenvalue weighted by Gasteiger charge is 2.31. The van der Waals surface area contributed by atoms with Gasteiger partial charge in [-0.3, -0.25) is 9.59 Å². The first-order valence-electron chi connectivity index (χ1n) is 11.1. The second kappa shape index (κ2) is 12.0. The Labute approximate surface area is 209 Å². The highest BCUT2D eigenvalue weighted by Crippen LogP contribution is 2.26. The van der Waals surface area contributed by atoms with E-state index in [1.807, 2.05) is 44.2 Å². The van der Waals surface area contributed by atoms with Crippen LogP contribution in [0.25, 0.3) is 0 Å². The van der Waals surface area contributed by atoms with Crippen molar-refractivity contribution in [2.24, 2.45) is 0 Å². The third-order valence-electron chi connectivity index (χ3n) is 5.36. The van der Waals surface area contributed by atoms with Gasteiger partial charge in [-0.15, -0.1) is 0 Å². The summed E-state index contributed by atoms with van der Waals surface area (Å²) in [5.41, 5.74) is 2.12. The fourth-order valence-corrected chi connectivity index (χ4v) is 4.21. The summed E-state index contributed by atoms with van der Waals surface area (Å²) in [5, 5.41) is 3.70. The predicted molar refractivity (Wildman–Crippen MR) is 134 cm³/mol.